The minimum Gasteiger partial charge on any atom is -0.481 e. The highest BCUT2D eigenvalue weighted by atomic mass is 32.1. The maximum Gasteiger partial charge on any atom is 0.443 e. The van der Waals surface area contributed by atoms with Crippen LogP contribution in [0.5, 0.6) is 0 Å². The second-order valence-corrected chi connectivity index (χ2v) is 6.56. The third-order valence-corrected chi connectivity index (χ3v) is 5.27. The fraction of sp³-hybridized carbons (Fsp3) is 0.615. The summed E-state index contributed by atoms with van der Waals surface area (Å²) in [6.45, 7) is 0.624. The molecule has 2 aliphatic heterocycles. The maximum atomic E-state index is 12.6. The molecule has 0 bridgehead atoms. The number of fused-ring (bicyclic) bond motifs is 1. The number of aliphatic carboxylic acids is 1. The highest BCUT2D eigenvalue weighted by Gasteiger charge is 2.55. The Kier molecular flexibility index (Phi) is 3.83. The summed E-state index contributed by atoms with van der Waals surface area (Å²) in [4.78, 5) is 28.6. The number of carbonyl (C=O) groups is 2. The van der Waals surface area contributed by atoms with Crippen molar-refractivity contribution < 1.29 is 32.6 Å². The van der Waals surface area contributed by atoms with E-state index in [4.69, 9.17) is 4.74 Å². The molecule has 2 aliphatic rings. The van der Waals surface area contributed by atoms with E-state index in [-0.39, 0.29) is 37.7 Å². The highest BCUT2D eigenvalue weighted by Crippen LogP contribution is 2.43. The van der Waals surface area contributed by atoms with Crippen molar-refractivity contribution in [1.82, 2.24) is 9.88 Å². The number of aromatic nitrogens is 1. The molecular formula is C13H13F3N2O4S. The van der Waals surface area contributed by atoms with Crippen LogP contribution in [0.25, 0.3) is 0 Å². The van der Waals surface area contributed by atoms with Crippen LogP contribution in [-0.4, -0.2) is 53.2 Å². The Balaban J connectivity index is 1.81. The van der Waals surface area contributed by atoms with Gasteiger partial charge in [0.25, 0.3) is 5.91 Å². The van der Waals surface area contributed by atoms with Crippen molar-refractivity contribution in [3.63, 3.8) is 0 Å². The molecule has 1 aromatic heterocycles. The van der Waals surface area contributed by atoms with Crippen molar-refractivity contribution in [2.24, 2.45) is 11.3 Å². The zero-order valence-electron chi connectivity index (χ0n) is 11.8. The third kappa shape index (κ3) is 2.69. The van der Waals surface area contributed by atoms with E-state index in [0.29, 0.717) is 17.9 Å². The van der Waals surface area contributed by atoms with Gasteiger partial charge in [0.2, 0.25) is 0 Å². The summed E-state index contributed by atoms with van der Waals surface area (Å²) in [5.41, 5.74) is -1.39. The summed E-state index contributed by atoms with van der Waals surface area (Å²) >= 11 is 0.350. The zero-order chi connectivity index (χ0) is 16.8. The predicted molar refractivity (Wildman–Crippen MR) is 72.0 cm³/mol. The van der Waals surface area contributed by atoms with Crippen molar-refractivity contribution in [2.45, 2.75) is 12.6 Å². The summed E-state index contributed by atoms with van der Waals surface area (Å²) < 4.78 is 43.0. The Morgan fingerprint density at radius 1 is 1.48 bits per heavy atom. The molecule has 3 rings (SSSR count). The van der Waals surface area contributed by atoms with Gasteiger partial charge in [-0.05, 0) is 6.42 Å². The monoisotopic (exact) mass is 350 g/mol. The summed E-state index contributed by atoms with van der Waals surface area (Å²) in [7, 11) is 0. The first-order chi connectivity index (χ1) is 10.7. The minimum absolute atomic E-state index is 0.0337. The Labute approximate surface area is 132 Å². The molecule has 3 heterocycles. The Morgan fingerprint density at radius 3 is 2.78 bits per heavy atom. The van der Waals surface area contributed by atoms with Crippen LogP contribution in [0, 0.1) is 11.3 Å². The van der Waals surface area contributed by atoms with Gasteiger partial charge >= 0.3 is 12.1 Å². The van der Waals surface area contributed by atoms with Crippen molar-refractivity contribution in [2.75, 3.05) is 26.3 Å². The molecule has 126 valence electrons. The Morgan fingerprint density at radius 2 is 2.22 bits per heavy atom. The van der Waals surface area contributed by atoms with Crippen molar-refractivity contribution >= 4 is 23.2 Å². The maximum absolute atomic E-state index is 12.6. The van der Waals surface area contributed by atoms with Gasteiger partial charge in [0.1, 0.15) is 5.69 Å². The quantitative estimate of drug-likeness (QED) is 0.879. The van der Waals surface area contributed by atoms with Crippen LogP contribution in [0.2, 0.25) is 0 Å². The molecule has 6 nitrogen and oxygen atoms in total. The van der Waals surface area contributed by atoms with Gasteiger partial charge in [0, 0.05) is 31.0 Å². The lowest BCUT2D eigenvalue weighted by Crippen LogP contribution is -2.45. The lowest BCUT2D eigenvalue weighted by molar-refractivity contribution is -0.157. The normalized spacial score (nSPS) is 27.8. The topological polar surface area (TPSA) is 79.7 Å². The van der Waals surface area contributed by atoms with Crippen LogP contribution in [0.3, 0.4) is 0 Å². The number of carboxylic acids is 1. The van der Waals surface area contributed by atoms with E-state index in [1.807, 2.05) is 0 Å². The number of likely N-dealkylation sites (tertiary alicyclic amines) is 1. The molecule has 0 saturated carbocycles. The number of carboxylic acid groups (broad SMARTS) is 1. The van der Waals surface area contributed by atoms with Crippen molar-refractivity contribution in [1.29, 1.82) is 0 Å². The molecule has 2 fully saturated rings. The molecule has 1 amide bonds. The average Bonchev–Trinajstić information content (AvgIpc) is 3.11. The van der Waals surface area contributed by atoms with Gasteiger partial charge < -0.3 is 14.7 Å². The molecule has 1 N–H and O–H groups in total. The van der Waals surface area contributed by atoms with Gasteiger partial charge in [-0.1, -0.05) is 0 Å². The fourth-order valence-corrected chi connectivity index (χ4v) is 3.78. The first kappa shape index (κ1) is 16.2. The van der Waals surface area contributed by atoms with Crippen LogP contribution < -0.4 is 0 Å². The second kappa shape index (κ2) is 5.45. The fourth-order valence-electron chi connectivity index (χ4n) is 3.12. The van der Waals surface area contributed by atoms with Gasteiger partial charge in [-0.25, -0.2) is 4.98 Å². The third-order valence-electron chi connectivity index (χ3n) is 4.39. The summed E-state index contributed by atoms with van der Waals surface area (Å²) in [6.07, 6.45) is -4.32. The highest BCUT2D eigenvalue weighted by molar-refractivity contribution is 7.09. The number of halogens is 3. The van der Waals surface area contributed by atoms with E-state index in [0.717, 1.165) is 5.38 Å². The number of hydrogen-bond donors (Lipinski definition) is 1. The summed E-state index contributed by atoms with van der Waals surface area (Å²) in [6, 6.07) is 0. The summed E-state index contributed by atoms with van der Waals surface area (Å²) in [5.74, 6) is -2.04. The second-order valence-electron chi connectivity index (χ2n) is 5.70. The minimum atomic E-state index is -4.60. The van der Waals surface area contributed by atoms with Gasteiger partial charge in [0.15, 0.2) is 5.01 Å². The van der Waals surface area contributed by atoms with Crippen LogP contribution in [0.15, 0.2) is 5.38 Å². The smallest absolute Gasteiger partial charge is 0.443 e. The van der Waals surface area contributed by atoms with Crippen molar-refractivity contribution in [3.8, 4) is 0 Å². The SMILES string of the molecule is O=C(c1csc(C(F)(F)F)n1)N1C[C@H]2COCC[C@@]2(C(=O)O)C1. The number of alkyl halides is 3. The zero-order valence-corrected chi connectivity index (χ0v) is 12.6. The number of hydrogen-bond acceptors (Lipinski definition) is 5. The van der Waals surface area contributed by atoms with E-state index in [9.17, 15) is 27.9 Å². The molecule has 1 aromatic rings. The lowest BCUT2D eigenvalue weighted by atomic mass is 9.74. The molecule has 0 spiro atoms. The number of amides is 1. The molecule has 0 aliphatic carbocycles. The number of carbonyl (C=O) groups excluding carboxylic acids is 1. The number of ether oxygens (including phenoxy) is 1. The predicted octanol–water partition coefficient (Wildman–Crippen LogP) is 1.73. The Bertz CT molecular complexity index is 647. The van der Waals surface area contributed by atoms with E-state index < -0.39 is 28.5 Å². The van der Waals surface area contributed by atoms with Crippen LogP contribution in [0.4, 0.5) is 13.2 Å². The molecular weight excluding hydrogens is 337 g/mol. The van der Waals surface area contributed by atoms with Crippen LogP contribution in [-0.2, 0) is 15.7 Å². The first-order valence-corrected chi connectivity index (χ1v) is 7.75. The van der Waals surface area contributed by atoms with E-state index >= 15 is 0 Å². The molecule has 0 radical (unpaired) electrons. The average molecular weight is 350 g/mol. The van der Waals surface area contributed by atoms with Crippen LogP contribution in [0.1, 0.15) is 21.9 Å². The van der Waals surface area contributed by atoms with Gasteiger partial charge in [-0.2, -0.15) is 13.2 Å². The summed E-state index contributed by atoms with van der Waals surface area (Å²) in [5, 5.41) is 9.49. The molecule has 10 heteroatoms. The van der Waals surface area contributed by atoms with E-state index in [1.54, 1.807) is 0 Å². The Hall–Kier alpha value is -1.68. The van der Waals surface area contributed by atoms with Crippen molar-refractivity contribution in [3.05, 3.63) is 16.1 Å². The molecule has 2 atom stereocenters. The van der Waals surface area contributed by atoms with E-state index in [2.05, 4.69) is 4.98 Å². The van der Waals surface area contributed by atoms with Gasteiger partial charge in [-0.3, -0.25) is 9.59 Å². The first-order valence-electron chi connectivity index (χ1n) is 6.87. The molecule has 0 unspecified atom stereocenters. The number of thiazole rings is 1. The molecule has 2 saturated heterocycles. The van der Waals surface area contributed by atoms with Crippen LogP contribution >= 0.6 is 11.3 Å². The lowest BCUT2D eigenvalue weighted by Gasteiger charge is -2.33. The molecule has 23 heavy (non-hydrogen) atoms. The van der Waals surface area contributed by atoms with Gasteiger partial charge in [0.05, 0.1) is 12.0 Å². The number of rotatable bonds is 2. The molecule has 0 aromatic carbocycles. The van der Waals surface area contributed by atoms with Gasteiger partial charge in [-0.15, -0.1) is 11.3 Å². The standard InChI is InChI=1S/C13H13F3N2O4S/c14-13(15,16)10-17-8(5-23-10)9(19)18-3-7-4-22-2-1-12(7,6-18)11(20)21/h5,7H,1-4,6H2,(H,20,21)/t7-,12+/m0/s1. The van der Waals surface area contributed by atoms with E-state index in [1.165, 1.54) is 4.90 Å². The largest absolute Gasteiger partial charge is 0.481 e. The number of nitrogens with zero attached hydrogens (tertiary/aromatic N) is 2.